The van der Waals surface area contributed by atoms with Gasteiger partial charge in [-0.1, -0.05) is 37.5 Å². The average Bonchev–Trinajstić information content (AvgIpc) is 2.73. The highest BCUT2D eigenvalue weighted by Gasteiger charge is 2.29. The SMILES string of the molecule is CC(C(=O)NCc1ccccc1F)N1CCC(NC(=O)C2CCCCC2)CC1. The lowest BCUT2D eigenvalue weighted by Crippen LogP contribution is -2.52. The van der Waals surface area contributed by atoms with Crippen LogP contribution in [0.15, 0.2) is 24.3 Å². The van der Waals surface area contributed by atoms with E-state index in [1.165, 1.54) is 12.5 Å². The van der Waals surface area contributed by atoms with Gasteiger partial charge in [-0.3, -0.25) is 14.5 Å². The van der Waals surface area contributed by atoms with Gasteiger partial charge in [-0.15, -0.1) is 0 Å². The van der Waals surface area contributed by atoms with Crippen molar-refractivity contribution in [2.24, 2.45) is 5.92 Å². The molecule has 5 nitrogen and oxygen atoms in total. The Labute approximate surface area is 167 Å². The number of carbonyl (C=O) groups is 2. The lowest BCUT2D eigenvalue weighted by atomic mass is 9.88. The molecule has 1 aliphatic heterocycles. The van der Waals surface area contributed by atoms with Gasteiger partial charge < -0.3 is 10.6 Å². The van der Waals surface area contributed by atoms with Crippen LogP contribution in [0.25, 0.3) is 0 Å². The Balaban J connectivity index is 1.40. The Morgan fingerprint density at radius 1 is 1.11 bits per heavy atom. The molecule has 0 radical (unpaired) electrons. The molecule has 2 fully saturated rings. The molecule has 6 heteroatoms. The molecule has 1 atom stereocenters. The molecule has 0 aromatic heterocycles. The standard InChI is InChI=1S/C22H32FN3O2/c1-16(21(27)24-15-18-9-5-6-10-20(18)23)26-13-11-19(12-14-26)25-22(28)17-7-3-2-4-8-17/h5-6,9-10,16-17,19H,2-4,7-8,11-15H2,1H3,(H,24,27)(H,25,28). The summed E-state index contributed by atoms with van der Waals surface area (Å²) in [6.45, 7) is 3.65. The van der Waals surface area contributed by atoms with E-state index < -0.39 is 0 Å². The van der Waals surface area contributed by atoms with Gasteiger partial charge in [0.05, 0.1) is 6.04 Å². The highest BCUT2D eigenvalue weighted by Crippen LogP contribution is 2.24. The largest absolute Gasteiger partial charge is 0.353 e. The van der Waals surface area contributed by atoms with Crippen LogP contribution in [0.2, 0.25) is 0 Å². The van der Waals surface area contributed by atoms with Gasteiger partial charge >= 0.3 is 0 Å². The molecule has 1 heterocycles. The van der Waals surface area contributed by atoms with E-state index in [9.17, 15) is 14.0 Å². The van der Waals surface area contributed by atoms with Crippen LogP contribution >= 0.6 is 0 Å². The number of nitrogens with zero attached hydrogens (tertiary/aromatic N) is 1. The molecule has 154 valence electrons. The highest BCUT2D eigenvalue weighted by molar-refractivity contribution is 5.81. The van der Waals surface area contributed by atoms with E-state index in [2.05, 4.69) is 15.5 Å². The number of nitrogens with one attached hydrogen (secondary N) is 2. The smallest absolute Gasteiger partial charge is 0.237 e. The Kier molecular flexibility index (Phi) is 7.43. The zero-order valence-electron chi connectivity index (χ0n) is 16.8. The van der Waals surface area contributed by atoms with Gasteiger partial charge in [0.15, 0.2) is 0 Å². The van der Waals surface area contributed by atoms with Crippen LogP contribution in [0.3, 0.4) is 0 Å². The molecule has 1 saturated heterocycles. The number of likely N-dealkylation sites (tertiary alicyclic amines) is 1. The molecule has 0 spiro atoms. The van der Waals surface area contributed by atoms with E-state index in [0.717, 1.165) is 51.6 Å². The predicted octanol–water partition coefficient (Wildman–Crippen LogP) is 2.99. The van der Waals surface area contributed by atoms with Crippen molar-refractivity contribution >= 4 is 11.8 Å². The van der Waals surface area contributed by atoms with Crippen molar-refractivity contribution < 1.29 is 14.0 Å². The summed E-state index contributed by atoms with van der Waals surface area (Å²) in [6.07, 6.45) is 7.34. The van der Waals surface area contributed by atoms with Crippen LogP contribution in [0, 0.1) is 11.7 Å². The minimum Gasteiger partial charge on any atom is -0.353 e. The molecular formula is C22H32FN3O2. The minimum absolute atomic E-state index is 0.0899. The Morgan fingerprint density at radius 3 is 2.46 bits per heavy atom. The van der Waals surface area contributed by atoms with Gasteiger partial charge in [0, 0.05) is 37.2 Å². The van der Waals surface area contributed by atoms with Crippen molar-refractivity contribution in [3.05, 3.63) is 35.6 Å². The van der Waals surface area contributed by atoms with E-state index in [1.807, 2.05) is 6.92 Å². The number of hydrogen-bond donors (Lipinski definition) is 2. The number of carbonyl (C=O) groups excluding carboxylic acids is 2. The van der Waals surface area contributed by atoms with Gasteiger partial charge in [-0.2, -0.15) is 0 Å². The van der Waals surface area contributed by atoms with Gasteiger partial charge in [-0.05, 0) is 38.7 Å². The Bertz CT molecular complexity index is 668. The molecule has 28 heavy (non-hydrogen) atoms. The summed E-state index contributed by atoms with van der Waals surface area (Å²) in [7, 11) is 0. The van der Waals surface area contributed by atoms with Crippen molar-refractivity contribution in [3.8, 4) is 0 Å². The molecule has 3 rings (SSSR count). The fourth-order valence-electron chi connectivity index (χ4n) is 4.25. The zero-order valence-corrected chi connectivity index (χ0v) is 16.8. The van der Waals surface area contributed by atoms with Crippen LogP contribution in [-0.4, -0.2) is 41.9 Å². The average molecular weight is 390 g/mol. The van der Waals surface area contributed by atoms with Crippen molar-refractivity contribution in [2.75, 3.05) is 13.1 Å². The van der Waals surface area contributed by atoms with Gasteiger partial charge in [0.25, 0.3) is 0 Å². The molecule has 1 aromatic carbocycles. The summed E-state index contributed by atoms with van der Waals surface area (Å²) in [5.74, 6) is 0.0154. The summed E-state index contributed by atoms with van der Waals surface area (Å²) in [4.78, 5) is 27.0. The first-order chi connectivity index (χ1) is 13.5. The molecule has 2 aliphatic rings. The summed E-state index contributed by atoms with van der Waals surface area (Å²) in [5, 5.41) is 6.06. The number of piperidine rings is 1. The third-order valence-corrected chi connectivity index (χ3v) is 6.19. The fraction of sp³-hybridized carbons (Fsp3) is 0.636. The summed E-state index contributed by atoms with van der Waals surface area (Å²) in [5.41, 5.74) is 0.493. The van der Waals surface area contributed by atoms with E-state index in [-0.39, 0.29) is 42.2 Å². The van der Waals surface area contributed by atoms with E-state index >= 15 is 0 Å². The van der Waals surface area contributed by atoms with Crippen molar-refractivity contribution in [3.63, 3.8) is 0 Å². The second kappa shape index (κ2) is 10.0. The van der Waals surface area contributed by atoms with Gasteiger partial charge in [-0.25, -0.2) is 4.39 Å². The monoisotopic (exact) mass is 389 g/mol. The van der Waals surface area contributed by atoms with Crippen LogP contribution in [0.1, 0.15) is 57.4 Å². The fourth-order valence-corrected chi connectivity index (χ4v) is 4.25. The van der Waals surface area contributed by atoms with Crippen LogP contribution in [0.4, 0.5) is 4.39 Å². The maximum Gasteiger partial charge on any atom is 0.237 e. The molecule has 1 unspecified atom stereocenters. The van der Waals surface area contributed by atoms with Crippen LogP contribution in [0.5, 0.6) is 0 Å². The maximum absolute atomic E-state index is 13.7. The Hall–Kier alpha value is -1.95. The summed E-state index contributed by atoms with van der Waals surface area (Å²) >= 11 is 0. The van der Waals surface area contributed by atoms with Crippen molar-refractivity contribution in [1.29, 1.82) is 0 Å². The van der Waals surface area contributed by atoms with Crippen molar-refractivity contribution in [2.45, 2.75) is 70.5 Å². The highest BCUT2D eigenvalue weighted by atomic mass is 19.1. The van der Waals surface area contributed by atoms with Crippen molar-refractivity contribution in [1.82, 2.24) is 15.5 Å². The lowest BCUT2D eigenvalue weighted by molar-refractivity contribution is -0.129. The zero-order chi connectivity index (χ0) is 19.9. The van der Waals surface area contributed by atoms with Gasteiger partial charge in [0.1, 0.15) is 5.82 Å². The number of benzene rings is 1. The number of hydrogen-bond acceptors (Lipinski definition) is 3. The molecule has 1 saturated carbocycles. The maximum atomic E-state index is 13.7. The first-order valence-corrected chi connectivity index (χ1v) is 10.6. The van der Waals surface area contributed by atoms with Gasteiger partial charge in [0.2, 0.25) is 11.8 Å². The van der Waals surface area contributed by atoms with E-state index in [1.54, 1.807) is 18.2 Å². The number of rotatable bonds is 6. The molecular weight excluding hydrogens is 357 g/mol. The third kappa shape index (κ3) is 5.53. The Morgan fingerprint density at radius 2 is 1.79 bits per heavy atom. The van der Waals surface area contributed by atoms with E-state index in [0.29, 0.717) is 5.56 Å². The van der Waals surface area contributed by atoms with Crippen LogP contribution in [-0.2, 0) is 16.1 Å². The molecule has 1 aromatic rings. The molecule has 0 bridgehead atoms. The first-order valence-electron chi connectivity index (χ1n) is 10.6. The van der Waals surface area contributed by atoms with Crippen LogP contribution < -0.4 is 10.6 Å². The second-order valence-electron chi connectivity index (χ2n) is 8.14. The first kappa shape index (κ1) is 20.8. The summed E-state index contributed by atoms with van der Waals surface area (Å²) in [6, 6.07) is 6.43. The molecule has 2 amide bonds. The quantitative estimate of drug-likeness (QED) is 0.786. The topological polar surface area (TPSA) is 61.4 Å². The number of amides is 2. The minimum atomic E-state index is -0.301. The van der Waals surface area contributed by atoms with E-state index in [4.69, 9.17) is 0 Å². The normalized spacial score (nSPS) is 20.5. The molecule has 2 N–H and O–H groups in total. The second-order valence-corrected chi connectivity index (χ2v) is 8.14. The molecule has 1 aliphatic carbocycles. The summed E-state index contributed by atoms with van der Waals surface area (Å²) < 4.78 is 13.7. The number of halogens is 1. The predicted molar refractivity (Wildman–Crippen MR) is 107 cm³/mol. The lowest BCUT2D eigenvalue weighted by Gasteiger charge is -2.36. The third-order valence-electron chi connectivity index (χ3n) is 6.19.